The number of carbonyl (C=O) groups is 2. The largest absolute Gasteiger partial charge is 0.507 e. The molecule has 182 valence electrons. The lowest BCUT2D eigenvalue weighted by Gasteiger charge is -2.25. The lowest BCUT2D eigenvalue weighted by atomic mass is 9.95. The van der Waals surface area contributed by atoms with Crippen LogP contribution in [0.15, 0.2) is 65.6 Å². The molecule has 1 aliphatic rings. The van der Waals surface area contributed by atoms with Gasteiger partial charge >= 0.3 is 0 Å². The minimum absolute atomic E-state index is 0.0907. The van der Waals surface area contributed by atoms with Crippen molar-refractivity contribution < 1.29 is 19.4 Å². The molecule has 2 aromatic carbocycles. The Labute approximate surface area is 210 Å². The van der Waals surface area contributed by atoms with Crippen LogP contribution in [0.1, 0.15) is 48.7 Å². The van der Waals surface area contributed by atoms with Crippen molar-refractivity contribution in [2.45, 2.75) is 32.7 Å². The number of Topliss-reactive ketones (excluding diaryl/α,β-unsaturated/α-hetero) is 1. The number of ketones is 1. The topological polar surface area (TPSA) is 70.1 Å². The van der Waals surface area contributed by atoms with Gasteiger partial charge in [0.15, 0.2) is 0 Å². The number of hydrogen-bond donors (Lipinski definition) is 1. The Morgan fingerprint density at radius 3 is 2.40 bits per heavy atom. The summed E-state index contributed by atoms with van der Waals surface area (Å²) in [5.41, 5.74) is 3.09. The van der Waals surface area contributed by atoms with Crippen LogP contribution in [0, 0.1) is 0 Å². The van der Waals surface area contributed by atoms with Crippen molar-refractivity contribution in [1.82, 2.24) is 0 Å². The Morgan fingerprint density at radius 1 is 1.11 bits per heavy atom. The Balaban J connectivity index is 1.87. The van der Waals surface area contributed by atoms with Crippen LogP contribution in [-0.4, -0.2) is 37.5 Å². The molecule has 1 aliphatic heterocycles. The highest BCUT2D eigenvalue weighted by atomic mass is 32.1. The third-order valence-corrected chi connectivity index (χ3v) is 7.03. The van der Waals surface area contributed by atoms with Gasteiger partial charge in [-0.15, -0.1) is 11.3 Å². The smallest absolute Gasteiger partial charge is 0.300 e. The molecule has 3 aromatic rings. The maximum atomic E-state index is 13.3. The van der Waals surface area contributed by atoms with E-state index in [0.717, 1.165) is 21.9 Å². The van der Waals surface area contributed by atoms with Crippen LogP contribution >= 0.6 is 11.3 Å². The van der Waals surface area contributed by atoms with Crippen LogP contribution in [0.5, 0.6) is 5.75 Å². The molecule has 7 heteroatoms. The molecular formula is C28H30N2O4S. The van der Waals surface area contributed by atoms with Gasteiger partial charge in [-0.2, -0.15) is 0 Å². The second-order valence-corrected chi connectivity index (χ2v) is 9.91. The first-order valence-electron chi connectivity index (χ1n) is 11.6. The van der Waals surface area contributed by atoms with E-state index in [4.69, 9.17) is 4.74 Å². The van der Waals surface area contributed by atoms with Gasteiger partial charge in [-0.3, -0.25) is 14.5 Å². The van der Waals surface area contributed by atoms with Crippen molar-refractivity contribution in [3.8, 4) is 5.75 Å². The van der Waals surface area contributed by atoms with E-state index in [1.165, 1.54) is 16.2 Å². The zero-order chi connectivity index (χ0) is 25.3. The van der Waals surface area contributed by atoms with Gasteiger partial charge < -0.3 is 14.7 Å². The van der Waals surface area contributed by atoms with Crippen LogP contribution in [0.4, 0.5) is 11.4 Å². The number of benzene rings is 2. The number of anilines is 2. The Kier molecular flexibility index (Phi) is 6.98. The highest BCUT2D eigenvalue weighted by molar-refractivity contribution is 7.10. The number of aliphatic hydroxyl groups excluding tert-OH is 1. The van der Waals surface area contributed by atoms with Crippen LogP contribution in [0.3, 0.4) is 0 Å². The molecule has 1 aromatic heterocycles. The maximum Gasteiger partial charge on any atom is 0.300 e. The molecule has 1 unspecified atom stereocenters. The van der Waals surface area contributed by atoms with Crippen LogP contribution in [0.25, 0.3) is 5.76 Å². The number of carbonyl (C=O) groups excluding carboxylic acids is 2. The maximum absolute atomic E-state index is 13.3. The Morgan fingerprint density at radius 2 is 1.83 bits per heavy atom. The van der Waals surface area contributed by atoms with Crippen LogP contribution in [0.2, 0.25) is 0 Å². The molecule has 1 fully saturated rings. The molecule has 0 spiro atoms. The summed E-state index contributed by atoms with van der Waals surface area (Å²) in [6.07, 6.45) is 0. The lowest BCUT2D eigenvalue weighted by Crippen LogP contribution is -2.29. The van der Waals surface area contributed by atoms with Crippen molar-refractivity contribution in [1.29, 1.82) is 0 Å². The first kappa shape index (κ1) is 24.5. The van der Waals surface area contributed by atoms with Gasteiger partial charge in [-0.05, 0) is 72.3 Å². The van der Waals surface area contributed by atoms with Crippen molar-refractivity contribution in [2.24, 2.45) is 0 Å². The fourth-order valence-corrected chi connectivity index (χ4v) is 5.14. The van der Waals surface area contributed by atoms with E-state index in [-0.39, 0.29) is 17.3 Å². The SMILES string of the molecule is CCOc1ccc(/C(O)=C2/C(=O)C(=O)N(c3ccc(N(C)C)cc3)C2c2cccs2)cc1C(C)C. The van der Waals surface area contributed by atoms with Gasteiger partial charge in [0.05, 0.1) is 12.2 Å². The standard InChI is InChI=1S/C28H30N2O4S/c1-6-34-22-14-9-18(16-21(22)17(2)3)26(31)24-25(23-8-7-15-35-23)30(28(33)27(24)32)20-12-10-19(11-13-20)29(4)5/h7-17,25,31H,6H2,1-5H3/b26-24-. The quantitative estimate of drug-likeness (QED) is 0.251. The number of nitrogens with zero attached hydrogens (tertiary/aromatic N) is 2. The summed E-state index contributed by atoms with van der Waals surface area (Å²) in [4.78, 5) is 30.9. The minimum atomic E-state index is -0.714. The molecule has 1 N–H and O–H groups in total. The summed E-state index contributed by atoms with van der Waals surface area (Å²) in [7, 11) is 3.88. The lowest BCUT2D eigenvalue weighted by molar-refractivity contribution is -0.132. The van der Waals surface area contributed by atoms with Crippen LogP contribution < -0.4 is 14.5 Å². The van der Waals surface area contributed by atoms with E-state index in [1.807, 2.05) is 93.7 Å². The highest BCUT2D eigenvalue weighted by Gasteiger charge is 2.47. The number of hydrogen-bond acceptors (Lipinski definition) is 6. The fraction of sp³-hybridized carbons (Fsp3) is 0.286. The van der Waals surface area contributed by atoms with Gasteiger partial charge in [0.25, 0.3) is 11.7 Å². The molecule has 1 amide bonds. The van der Waals surface area contributed by atoms with Gasteiger partial charge in [0.2, 0.25) is 0 Å². The van der Waals surface area contributed by atoms with Crippen molar-refractivity contribution in [3.63, 3.8) is 0 Å². The van der Waals surface area contributed by atoms with E-state index in [0.29, 0.717) is 17.9 Å². The van der Waals surface area contributed by atoms with Gasteiger partial charge in [0, 0.05) is 35.9 Å². The third-order valence-electron chi connectivity index (χ3n) is 6.11. The molecule has 35 heavy (non-hydrogen) atoms. The number of thiophene rings is 1. The average molecular weight is 491 g/mol. The zero-order valence-corrected chi connectivity index (χ0v) is 21.4. The van der Waals surface area contributed by atoms with E-state index in [9.17, 15) is 14.7 Å². The van der Waals surface area contributed by atoms with Crippen molar-refractivity contribution in [3.05, 3.63) is 81.6 Å². The first-order valence-corrected chi connectivity index (χ1v) is 12.5. The molecule has 0 aliphatic carbocycles. The van der Waals surface area contributed by atoms with Crippen molar-refractivity contribution in [2.75, 3.05) is 30.5 Å². The predicted octanol–water partition coefficient (Wildman–Crippen LogP) is 5.96. The molecule has 0 saturated carbocycles. The number of ether oxygens (including phenoxy) is 1. The number of aliphatic hydroxyl groups is 1. The Hall–Kier alpha value is -3.58. The normalized spacial score (nSPS) is 17.3. The summed E-state index contributed by atoms with van der Waals surface area (Å²) in [5.74, 6) is -0.639. The molecular weight excluding hydrogens is 460 g/mol. The molecule has 6 nitrogen and oxygen atoms in total. The van der Waals surface area contributed by atoms with Crippen molar-refractivity contribution >= 4 is 40.2 Å². The first-order chi connectivity index (χ1) is 16.7. The monoisotopic (exact) mass is 490 g/mol. The summed E-state index contributed by atoms with van der Waals surface area (Å²) >= 11 is 1.44. The minimum Gasteiger partial charge on any atom is -0.507 e. The molecule has 1 atom stereocenters. The number of amides is 1. The predicted molar refractivity (Wildman–Crippen MR) is 142 cm³/mol. The zero-order valence-electron chi connectivity index (χ0n) is 20.6. The second kappa shape index (κ2) is 9.96. The van der Waals surface area contributed by atoms with Gasteiger partial charge in [-0.25, -0.2) is 0 Å². The summed E-state index contributed by atoms with van der Waals surface area (Å²) in [5, 5.41) is 13.3. The molecule has 4 rings (SSSR count). The summed E-state index contributed by atoms with van der Waals surface area (Å²) < 4.78 is 5.75. The Bertz CT molecular complexity index is 1260. The second-order valence-electron chi connectivity index (χ2n) is 8.94. The molecule has 1 saturated heterocycles. The van der Waals surface area contributed by atoms with E-state index < -0.39 is 17.7 Å². The molecule has 2 heterocycles. The molecule has 0 radical (unpaired) electrons. The van der Waals surface area contributed by atoms with E-state index >= 15 is 0 Å². The summed E-state index contributed by atoms with van der Waals surface area (Å²) in [6.45, 7) is 6.54. The van der Waals surface area contributed by atoms with E-state index in [1.54, 1.807) is 6.07 Å². The highest BCUT2D eigenvalue weighted by Crippen LogP contribution is 2.44. The van der Waals surface area contributed by atoms with E-state index in [2.05, 4.69) is 0 Å². The molecule has 0 bridgehead atoms. The van der Waals surface area contributed by atoms with Gasteiger partial charge in [-0.1, -0.05) is 19.9 Å². The van der Waals surface area contributed by atoms with Gasteiger partial charge in [0.1, 0.15) is 17.6 Å². The van der Waals surface area contributed by atoms with Crippen LogP contribution in [-0.2, 0) is 9.59 Å². The summed E-state index contributed by atoms with van der Waals surface area (Å²) in [6, 6.07) is 15.9. The average Bonchev–Trinajstić information content (AvgIpc) is 3.46. The third kappa shape index (κ3) is 4.56. The fourth-order valence-electron chi connectivity index (χ4n) is 4.32. The number of rotatable bonds is 7.